The first-order chi connectivity index (χ1) is 7.04. The van der Waals surface area contributed by atoms with Crippen LogP contribution >= 0.6 is 15.9 Å². The molecule has 1 aliphatic carbocycles. The van der Waals surface area contributed by atoms with Crippen LogP contribution in [0.25, 0.3) is 0 Å². The van der Waals surface area contributed by atoms with Crippen molar-refractivity contribution >= 4 is 27.5 Å². The molecule has 1 amide bonds. The highest BCUT2D eigenvalue weighted by molar-refractivity contribution is 9.11. The predicted octanol–water partition coefficient (Wildman–Crippen LogP) is 2.24. The van der Waals surface area contributed by atoms with Crippen molar-refractivity contribution in [1.29, 1.82) is 5.41 Å². The van der Waals surface area contributed by atoms with E-state index in [9.17, 15) is 4.79 Å². The summed E-state index contributed by atoms with van der Waals surface area (Å²) in [6.07, 6.45) is 6.00. The second-order valence-corrected chi connectivity index (χ2v) is 4.60. The van der Waals surface area contributed by atoms with Gasteiger partial charge in [-0.05, 0) is 18.1 Å². The largest absolute Gasteiger partial charge is 0.359 e. The molecule has 2 N–H and O–H groups in total. The van der Waals surface area contributed by atoms with Crippen LogP contribution in [0.2, 0.25) is 0 Å². The maximum atomic E-state index is 11.3. The first-order valence-corrected chi connectivity index (χ1v) is 5.68. The summed E-state index contributed by atoms with van der Waals surface area (Å²) in [5.41, 5.74) is 0.511. The summed E-state index contributed by atoms with van der Waals surface area (Å²) >= 11 is 3.39. The zero-order valence-electron chi connectivity index (χ0n) is 8.88. The van der Waals surface area contributed by atoms with Gasteiger partial charge in [0.15, 0.2) is 0 Å². The number of halogens is 1. The molecule has 0 aromatic heterocycles. The summed E-state index contributed by atoms with van der Waals surface area (Å²) < 4.78 is 0.971. The minimum atomic E-state index is -0.0313. The van der Waals surface area contributed by atoms with Crippen LogP contribution in [0.15, 0.2) is 22.7 Å². The Balaban J connectivity index is 2.82. The van der Waals surface area contributed by atoms with Crippen LogP contribution in [0.5, 0.6) is 0 Å². The van der Waals surface area contributed by atoms with Crippen molar-refractivity contribution in [2.75, 3.05) is 7.05 Å². The van der Waals surface area contributed by atoms with Crippen molar-refractivity contribution in [2.24, 2.45) is 11.8 Å². The number of nitrogens with one attached hydrogen (secondary N) is 2. The molecule has 4 heteroatoms. The monoisotopic (exact) mass is 270 g/mol. The SMILES string of the molecule is CNC(=O)CC1C(=N)C=CC(Br)=CC1C. The molecule has 0 saturated heterocycles. The fourth-order valence-electron chi connectivity index (χ4n) is 1.60. The van der Waals surface area contributed by atoms with Crippen molar-refractivity contribution in [1.82, 2.24) is 5.32 Å². The zero-order chi connectivity index (χ0) is 11.4. The van der Waals surface area contributed by atoms with E-state index >= 15 is 0 Å². The molecule has 1 aliphatic rings. The maximum absolute atomic E-state index is 11.3. The lowest BCUT2D eigenvalue weighted by Gasteiger charge is -2.18. The van der Waals surface area contributed by atoms with Gasteiger partial charge in [0.1, 0.15) is 0 Å². The van der Waals surface area contributed by atoms with E-state index in [1.807, 2.05) is 19.1 Å². The van der Waals surface area contributed by atoms with Crippen LogP contribution in [0.4, 0.5) is 0 Å². The van der Waals surface area contributed by atoms with Gasteiger partial charge in [-0.15, -0.1) is 0 Å². The second-order valence-electron chi connectivity index (χ2n) is 3.68. The molecule has 0 aliphatic heterocycles. The zero-order valence-corrected chi connectivity index (χ0v) is 10.5. The van der Waals surface area contributed by atoms with Gasteiger partial charge >= 0.3 is 0 Å². The first-order valence-electron chi connectivity index (χ1n) is 4.89. The molecule has 82 valence electrons. The molecule has 15 heavy (non-hydrogen) atoms. The number of carbonyl (C=O) groups excluding carboxylic acids is 1. The Morgan fingerprint density at radius 3 is 2.87 bits per heavy atom. The Kier molecular flexibility index (Phi) is 4.27. The van der Waals surface area contributed by atoms with Gasteiger partial charge in [-0.1, -0.05) is 28.9 Å². The van der Waals surface area contributed by atoms with Crippen LogP contribution in [-0.4, -0.2) is 18.7 Å². The fourth-order valence-corrected chi connectivity index (χ4v) is 2.15. The van der Waals surface area contributed by atoms with Crippen LogP contribution in [0.3, 0.4) is 0 Å². The van der Waals surface area contributed by atoms with Crippen molar-refractivity contribution in [3.05, 3.63) is 22.7 Å². The number of carbonyl (C=O) groups is 1. The van der Waals surface area contributed by atoms with Gasteiger partial charge in [0.2, 0.25) is 5.91 Å². The van der Waals surface area contributed by atoms with Crippen LogP contribution < -0.4 is 5.32 Å². The molecule has 0 heterocycles. The molecule has 0 aromatic rings. The van der Waals surface area contributed by atoms with Gasteiger partial charge in [0.25, 0.3) is 0 Å². The molecule has 0 radical (unpaired) electrons. The number of hydrogen-bond donors (Lipinski definition) is 2. The van der Waals surface area contributed by atoms with E-state index in [4.69, 9.17) is 5.41 Å². The van der Waals surface area contributed by atoms with Crippen molar-refractivity contribution in [3.8, 4) is 0 Å². The Hall–Kier alpha value is -0.900. The van der Waals surface area contributed by atoms with Gasteiger partial charge in [0.05, 0.1) is 0 Å². The van der Waals surface area contributed by atoms with E-state index in [-0.39, 0.29) is 17.7 Å². The lowest BCUT2D eigenvalue weighted by atomic mass is 9.87. The highest BCUT2D eigenvalue weighted by Crippen LogP contribution is 2.25. The van der Waals surface area contributed by atoms with Gasteiger partial charge < -0.3 is 10.7 Å². The number of rotatable bonds is 2. The maximum Gasteiger partial charge on any atom is 0.220 e. The molecule has 0 aromatic carbocycles. The van der Waals surface area contributed by atoms with Crippen LogP contribution in [0.1, 0.15) is 13.3 Å². The summed E-state index contributed by atoms with van der Waals surface area (Å²) in [5, 5.41) is 10.4. The molecule has 2 unspecified atom stereocenters. The van der Waals surface area contributed by atoms with E-state index in [1.54, 1.807) is 13.1 Å². The molecule has 0 saturated carbocycles. The molecule has 0 bridgehead atoms. The quantitative estimate of drug-likeness (QED) is 0.795. The molecule has 3 nitrogen and oxygen atoms in total. The van der Waals surface area contributed by atoms with Crippen molar-refractivity contribution in [3.63, 3.8) is 0 Å². The highest BCUT2D eigenvalue weighted by Gasteiger charge is 2.23. The van der Waals surface area contributed by atoms with Gasteiger partial charge in [-0.25, -0.2) is 0 Å². The summed E-state index contributed by atoms with van der Waals surface area (Å²) in [6.45, 7) is 2.02. The third kappa shape index (κ3) is 3.30. The summed E-state index contributed by atoms with van der Waals surface area (Å²) in [5.74, 6) is 0.145. The third-order valence-electron chi connectivity index (χ3n) is 2.56. The van der Waals surface area contributed by atoms with Gasteiger partial charge in [-0.3, -0.25) is 4.79 Å². The Morgan fingerprint density at radius 2 is 2.27 bits per heavy atom. The van der Waals surface area contributed by atoms with Crippen molar-refractivity contribution in [2.45, 2.75) is 13.3 Å². The predicted molar refractivity (Wildman–Crippen MR) is 65.2 cm³/mol. The molecule has 1 rings (SSSR count). The molecule has 2 atom stereocenters. The molecular formula is C11H15BrN2O. The Bertz CT molecular complexity index is 333. The Labute approximate surface area is 98.3 Å². The Morgan fingerprint density at radius 1 is 1.60 bits per heavy atom. The lowest BCUT2D eigenvalue weighted by Crippen LogP contribution is -2.27. The average Bonchev–Trinajstić information content (AvgIpc) is 2.31. The minimum Gasteiger partial charge on any atom is -0.359 e. The molecule has 0 fully saturated rings. The summed E-state index contributed by atoms with van der Waals surface area (Å²) in [4.78, 5) is 11.3. The van der Waals surface area contributed by atoms with E-state index < -0.39 is 0 Å². The topological polar surface area (TPSA) is 53.0 Å². The third-order valence-corrected chi connectivity index (χ3v) is 3.09. The number of hydrogen-bond acceptors (Lipinski definition) is 2. The van der Waals surface area contributed by atoms with Crippen LogP contribution in [-0.2, 0) is 4.79 Å². The standard InChI is InChI=1S/C11H15BrN2O/c1-7-5-8(12)3-4-10(13)9(7)6-11(15)14-2/h3-5,7,9,13H,6H2,1-2H3,(H,14,15). The molecular weight excluding hydrogens is 256 g/mol. The summed E-state index contributed by atoms with van der Waals surface area (Å²) in [6, 6.07) is 0. The second kappa shape index (κ2) is 5.26. The molecule has 0 spiro atoms. The van der Waals surface area contributed by atoms with Gasteiger partial charge in [-0.2, -0.15) is 0 Å². The smallest absolute Gasteiger partial charge is 0.220 e. The number of allylic oxidation sites excluding steroid dienone is 4. The first kappa shape index (κ1) is 12.2. The minimum absolute atomic E-state index is 0.0172. The summed E-state index contributed by atoms with van der Waals surface area (Å²) in [7, 11) is 1.62. The highest BCUT2D eigenvalue weighted by atomic mass is 79.9. The van der Waals surface area contributed by atoms with Gasteiger partial charge in [0, 0.05) is 29.6 Å². The van der Waals surface area contributed by atoms with Crippen LogP contribution in [0, 0.1) is 17.2 Å². The van der Waals surface area contributed by atoms with E-state index in [1.165, 1.54) is 0 Å². The van der Waals surface area contributed by atoms with E-state index in [2.05, 4.69) is 21.2 Å². The average molecular weight is 271 g/mol. The van der Waals surface area contributed by atoms with Crippen molar-refractivity contribution < 1.29 is 4.79 Å². The van der Waals surface area contributed by atoms with E-state index in [0.717, 1.165) is 4.48 Å². The lowest BCUT2D eigenvalue weighted by molar-refractivity contribution is -0.121. The normalized spacial score (nSPS) is 25.8. The number of amides is 1. The van der Waals surface area contributed by atoms with E-state index in [0.29, 0.717) is 12.1 Å². The fraction of sp³-hybridized carbons (Fsp3) is 0.455.